The molecule has 2 aromatic rings. The number of aryl methyl sites for hydroxylation is 1. The summed E-state index contributed by atoms with van der Waals surface area (Å²) in [6.07, 6.45) is 26.0. The maximum absolute atomic E-state index is 6.16. The van der Waals surface area contributed by atoms with Crippen molar-refractivity contribution in [2.75, 3.05) is 6.61 Å². The molecule has 0 unspecified atom stereocenters. The van der Waals surface area contributed by atoms with Crippen molar-refractivity contribution >= 4 is 0 Å². The van der Waals surface area contributed by atoms with E-state index in [9.17, 15) is 0 Å². The molecule has 2 aliphatic rings. The average molecular weight is 491 g/mol. The molecule has 0 spiro atoms. The van der Waals surface area contributed by atoms with E-state index in [-0.39, 0.29) is 0 Å². The second-order valence-corrected chi connectivity index (χ2v) is 11.8. The van der Waals surface area contributed by atoms with Crippen molar-refractivity contribution < 1.29 is 4.74 Å². The average Bonchev–Trinajstić information content (AvgIpc) is 2.93. The molecule has 2 saturated carbocycles. The molecule has 2 aliphatic carbocycles. The lowest BCUT2D eigenvalue weighted by Crippen LogP contribution is -2.20. The Hall–Kier alpha value is -1.90. The standard InChI is InChI=1S/C33H50N2O/c1-3-5-6-8-27-13-16-29(17-14-27)25-36-32-21-19-31(20-22-32)33-34-23-30(24-35-33)18-15-28-11-9-26(7-4-2)10-12-28/h19-24,26-29H,3-18,25H2,1-2H3/t26-,27-,28-,29-. The van der Waals surface area contributed by atoms with E-state index < -0.39 is 0 Å². The minimum atomic E-state index is 0.717. The number of ether oxygens (including phenoxy) is 1. The molecule has 4 rings (SSSR count). The van der Waals surface area contributed by atoms with Crippen molar-refractivity contribution in [3.63, 3.8) is 0 Å². The molecule has 0 atom stereocenters. The highest BCUT2D eigenvalue weighted by Crippen LogP contribution is 2.34. The van der Waals surface area contributed by atoms with Crippen LogP contribution in [0.25, 0.3) is 11.4 Å². The number of unbranched alkanes of at least 4 members (excludes halogenated alkanes) is 2. The molecule has 1 aromatic heterocycles. The molecule has 36 heavy (non-hydrogen) atoms. The lowest BCUT2D eigenvalue weighted by atomic mass is 9.78. The molecule has 1 heterocycles. The molecule has 0 N–H and O–H groups in total. The highest BCUT2D eigenvalue weighted by molar-refractivity contribution is 5.55. The van der Waals surface area contributed by atoms with Crippen molar-refractivity contribution in [2.45, 2.75) is 117 Å². The summed E-state index contributed by atoms with van der Waals surface area (Å²) in [6.45, 7) is 5.47. The molecule has 3 nitrogen and oxygen atoms in total. The molecular weight excluding hydrogens is 440 g/mol. The summed E-state index contributed by atoms with van der Waals surface area (Å²) in [5.74, 6) is 5.34. The molecule has 2 fully saturated rings. The maximum atomic E-state index is 6.16. The van der Waals surface area contributed by atoms with Gasteiger partial charge in [0.05, 0.1) is 6.61 Å². The zero-order valence-electron chi connectivity index (χ0n) is 23.1. The minimum absolute atomic E-state index is 0.717. The van der Waals surface area contributed by atoms with Gasteiger partial charge in [-0.05, 0) is 79.2 Å². The zero-order valence-corrected chi connectivity index (χ0v) is 23.1. The fraction of sp³-hybridized carbons (Fsp3) is 0.697. The Bertz CT molecular complexity index is 846. The number of nitrogens with zero attached hydrogens (tertiary/aromatic N) is 2. The molecule has 198 valence electrons. The number of benzene rings is 1. The van der Waals surface area contributed by atoms with E-state index in [0.29, 0.717) is 5.92 Å². The van der Waals surface area contributed by atoms with Crippen LogP contribution in [0.4, 0.5) is 0 Å². The van der Waals surface area contributed by atoms with Crippen molar-refractivity contribution in [2.24, 2.45) is 23.7 Å². The van der Waals surface area contributed by atoms with E-state index in [1.807, 2.05) is 12.4 Å². The van der Waals surface area contributed by atoms with E-state index in [4.69, 9.17) is 4.74 Å². The van der Waals surface area contributed by atoms with Gasteiger partial charge >= 0.3 is 0 Å². The Labute approximate surface area is 220 Å². The van der Waals surface area contributed by atoms with Gasteiger partial charge in [-0.3, -0.25) is 0 Å². The van der Waals surface area contributed by atoms with Crippen LogP contribution in [0, 0.1) is 23.7 Å². The first kappa shape index (κ1) is 27.1. The van der Waals surface area contributed by atoms with E-state index in [2.05, 4.69) is 48.1 Å². The highest BCUT2D eigenvalue weighted by atomic mass is 16.5. The third kappa shape index (κ3) is 8.60. The number of aromatic nitrogens is 2. The third-order valence-electron chi connectivity index (χ3n) is 8.99. The van der Waals surface area contributed by atoms with E-state index >= 15 is 0 Å². The summed E-state index contributed by atoms with van der Waals surface area (Å²) in [5.41, 5.74) is 2.34. The Morgan fingerprint density at radius 1 is 0.667 bits per heavy atom. The second kappa shape index (κ2) is 14.7. The van der Waals surface area contributed by atoms with Gasteiger partial charge < -0.3 is 4.74 Å². The maximum Gasteiger partial charge on any atom is 0.159 e. The summed E-state index contributed by atoms with van der Waals surface area (Å²) in [5, 5.41) is 0. The Balaban J connectivity index is 1.16. The molecule has 0 radical (unpaired) electrons. The van der Waals surface area contributed by atoms with Gasteiger partial charge in [-0.25, -0.2) is 9.97 Å². The highest BCUT2D eigenvalue weighted by Gasteiger charge is 2.22. The first-order valence-corrected chi connectivity index (χ1v) is 15.3. The Kier molecular flexibility index (Phi) is 11.1. The minimum Gasteiger partial charge on any atom is -0.493 e. The van der Waals surface area contributed by atoms with Crippen LogP contribution >= 0.6 is 0 Å². The Morgan fingerprint density at radius 2 is 1.25 bits per heavy atom. The first-order chi connectivity index (χ1) is 17.7. The van der Waals surface area contributed by atoms with Crippen LogP contribution in [0.5, 0.6) is 5.75 Å². The summed E-state index contributed by atoms with van der Waals surface area (Å²) >= 11 is 0. The molecule has 0 aliphatic heterocycles. The fourth-order valence-corrected chi connectivity index (χ4v) is 6.50. The van der Waals surface area contributed by atoms with Crippen LogP contribution in [-0.2, 0) is 6.42 Å². The topological polar surface area (TPSA) is 35.0 Å². The van der Waals surface area contributed by atoms with Crippen LogP contribution in [-0.4, -0.2) is 16.6 Å². The predicted octanol–water partition coefficient (Wildman–Crippen LogP) is 9.45. The molecule has 1 aromatic carbocycles. The van der Waals surface area contributed by atoms with Crippen LogP contribution in [0.1, 0.15) is 116 Å². The van der Waals surface area contributed by atoms with Gasteiger partial charge in [-0.2, -0.15) is 0 Å². The summed E-state index contributed by atoms with van der Waals surface area (Å²) in [7, 11) is 0. The van der Waals surface area contributed by atoms with Crippen LogP contribution in [0.15, 0.2) is 36.7 Å². The molecule has 0 bridgehead atoms. The SMILES string of the molecule is CCCCC[C@H]1CC[C@H](COc2ccc(-c3ncc(CC[C@H]4CC[C@H](CCC)CC4)cn3)cc2)CC1. The lowest BCUT2D eigenvalue weighted by Gasteiger charge is -2.28. The summed E-state index contributed by atoms with van der Waals surface area (Å²) in [6, 6.07) is 8.36. The monoisotopic (exact) mass is 490 g/mol. The van der Waals surface area contributed by atoms with Crippen molar-refractivity contribution in [1.82, 2.24) is 9.97 Å². The molecule has 0 amide bonds. The number of hydrogen-bond acceptors (Lipinski definition) is 3. The zero-order chi connectivity index (χ0) is 25.0. The quantitative estimate of drug-likeness (QED) is 0.262. The van der Waals surface area contributed by atoms with E-state index in [1.165, 1.54) is 102 Å². The number of rotatable bonds is 13. The van der Waals surface area contributed by atoms with Crippen molar-refractivity contribution in [3.05, 3.63) is 42.2 Å². The van der Waals surface area contributed by atoms with Crippen molar-refractivity contribution in [3.8, 4) is 17.1 Å². The van der Waals surface area contributed by atoms with E-state index in [0.717, 1.165) is 47.9 Å². The first-order valence-electron chi connectivity index (χ1n) is 15.3. The van der Waals surface area contributed by atoms with E-state index in [1.54, 1.807) is 0 Å². The molecule has 3 heteroatoms. The van der Waals surface area contributed by atoms with Gasteiger partial charge in [0.25, 0.3) is 0 Å². The van der Waals surface area contributed by atoms with Gasteiger partial charge in [0.2, 0.25) is 0 Å². The smallest absolute Gasteiger partial charge is 0.159 e. The van der Waals surface area contributed by atoms with Crippen LogP contribution in [0.3, 0.4) is 0 Å². The third-order valence-corrected chi connectivity index (χ3v) is 8.99. The normalized spacial score (nSPS) is 24.5. The van der Waals surface area contributed by atoms with Crippen LogP contribution in [0.2, 0.25) is 0 Å². The summed E-state index contributed by atoms with van der Waals surface area (Å²) in [4.78, 5) is 9.36. The molecule has 0 saturated heterocycles. The van der Waals surface area contributed by atoms with Gasteiger partial charge in [0.1, 0.15) is 5.75 Å². The van der Waals surface area contributed by atoms with Gasteiger partial charge in [0.15, 0.2) is 5.82 Å². The second-order valence-electron chi connectivity index (χ2n) is 11.8. The van der Waals surface area contributed by atoms with Gasteiger partial charge in [-0.15, -0.1) is 0 Å². The van der Waals surface area contributed by atoms with Crippen LogP contribution < -0.4 is 4.74 Å². The Morgan fingerprint density at radius 3 is 1.86 bits per heavy atom. The molecular formula is C33H50N2O. The fourth-order valence-electron chi connectivity index (χ4n) is 6.50. The largest absolute Gasteiger partial charge is 0.493 e. The van der Waals surface area contributed by atoms with Crippen molar-refractivity contribution in [1.29, 1.82) is 0 Å². The van der Waals surface area contributed by atoms with Gasteiger partial charge in [0, 0.05) is 18.0 Å². The lowest BCUT2D eigenvalue weighted by molar-refractivity contribution is 0.177. The number of hydrogen-bond donors (Lipinski definition) is 0. The van der Waals surface area contributed by atoms with Gasteiger partial charge in [-0.1, -0.05) is 90.9 Å². The summed E-state index contributed by atoms with van der Waals surface area (Å²) < 4.78 is 6.16. The predicted molar refractivity (Wildman–Crippen MR) is 151 cm³/mol.